The third kappa shape index (κ3) is 6.32. The molecule has 40 heavy (non-hydrogen) atoms. The Bertz CT molecular complexity index is 1620. The van der Waals surface area contributed by atoms with Crippen LogP contribution in [0.5, 0.6) is 11.5 Å². The zero-order chi connectivity index (χ0) is 28.8. The van der Waals surface area contributed by atoms with Crippen molar-refractivity contribution in [2.75, 3.05) is 20.8 Å². The molecule has 11 heteroatoms. The van der Waals surface area contributed by atoms with Gasteiger partial charge in [-0.25, -0.2) is 4.98 Å². The van der Waals surface area contributed by atoms with Gasteiger partial charge in [0.2, 0.25) is 0 Å². The molecule has 0 saturated heterocycles. The van der Waals surface area contributed by atoms with Crippen LogP contribution < -0.4 is 20.3 Å². The van der Waals surface area contributed by atoms with Crippen molar-refractivity contribution < 1.29 is 29.0 Å². The number of carboxylic acid groups (broad SMARTS) is 1. The number of carboxylic acids is 1. The summed E-state index contributed by atoms with van der Waals surface area (Å²) in [7, 11) is 3.15. The second-order valence-corrected chi connectivity index (χ2v) is 9.17. The standard InChI is InChI=1S/C29H28N4O7/c1-16(29(37)38)14-31-28(36)26-30-15-22(27(35)33-26)25(34)13-21(17-4-7-19(39-2)8-5-17)24-10-6-18-12-20(40-3)9-11-23(18)32-24/h4-12,15-16,21H,13-14H2,1-3H3,(H,31,36)(H,37,38)(H,30,33,35). The summed E-state index contributed by atoms with van der Waals surface area (Å²) in [5.74, 6) is -2.60. The minimum atomic E-state index is -1.07. The van der Waals surface area contributed by atoms with Crippen molar-refractivity contribution in [3.63, 3.8) is 0 Å². The first-order valence-electron chi connectivity index (χ1n) is 12.4. The molecule has 2 atom stereocenters. The maximum atomic E-state index is 13.4. The molecule has 11 nitrogen and oxygen atoms in total. The number of nitrogens with one attached hydrogen (secondary N) is 2. The lowest BCUT2D eigenvalue weighted by Gasteiger charge is -2.18. The number of fused-ring (bicyclic) bond motifs is 1. The highest BCUT2D eigenvalue weighted by Gasteiger charge is 2.24. The molecule has 3 N–H and O–H groups in total. The van der Waals surface area contributed by atoms with E-state index in [0.29, 0.717) is 17.2 Å². The molecule has 0 aliphatic heterocycles. The van der Waals surface area contributed by atoms with Crippen molar-refractivity contribution in [2.45, 2.75) is 19.3 Å². The highest BCUT2D eigenvalue weighted by atomic mass is 16.5. The van der Waals surface area contributed by atoms with Crippen molar-refractivity contribution in [1.29, 1.82) is 0 Å². The smallest absolute Gasteiger partial charge is 0.308 e. The molecule has 2 heterocycles. The van der Waals surface area contributed by atoms with Crippen LogP contribution in [-0.2, 0) is 4.79 Å². The summed E-state index contributed by atoms with van der Waals surface area (Å²) in [6, 6.07) is 16.5. The summed E-state index contributed by atoms with van der Waals surface area (Å²) in [4.78, 5) is 60.5. The number of aromatic amines is 1. The number of ketones is 1. The fraction of sp³-hybridized carbons (Fsp3) is 0.241. The Morgan fingerprint density at radius 2 is 1.70 bits per heavy atom. The Morgan fingerprint density at radius 1 is 1.00 bits per heavy atom. The molecule has 1 amide bonds. The fourth-order valence-corrected chi connectivity index (χ4v) is 4.09. The van der Waals surface area contributed by atoms with Gasteiger partial charge in [-0.05, 0) is 42.0 Å². The molecule has 206 valence electrons. The van der Waals surface area contributed by atoms with Crippen LogP contribution in [0.15, 0.2) is 65.6 Å². The number of aliphatic carboxylic acids is 1. The molecule has 4 rings (SSSR count). The highest BCUT2D eigenvalue weighted by Crippen LogP contribution is 2.31. The van der Waals surface area contributed by atoms with Gasteiger partial charge in [-0.3, -0.25) is 24.2 Å². The molecule has 2 aromatic heterocycles. The monoisotopic (exact) mass is 544 g/mol. The van der Waals surface area contributed by atoms with Gasteiger partial charge in [0, 0.05) is 36.2 Å². The van der Waals surface area contributed by atoms with E-state index in [1.54, 1.807) is 32.4 Å². The van der Waals surface area contributed by atoms with E-state index >= 15 is 0 Å². The van der Waals surface area contributed by atoms with Gasteiger partial charge < -0.3 is 24.9 Å². The number of pyridine rings is 1. The Labute approximate surface area is 229 Å². The number of aromatic nitrogens is 3. The van der Waals surface area contributed by atoms with Crippen molar-refractivity contribution in [3.05, 3.63) is 93.8 Å². The molecule has 0 saturated carbocycles. The minimum Gasteiger partial charge on any atom is -0.497 e. The molecular weight excluding hydrogens is 516 g/mol. The van der Waals surface area contributed by atoms with Gasteiger partial charge in [0.15, 0.2) is 11.6 Å². The van der Waals surface area contributed by atoms with Gasteiger partial charge in [0.1, 0.15) is 17.1 Å². The lowest BCUT2D eigenvalue weighted by Crippen LogP contribution is -2.34. The largest absolute Gasteiger partial charge is 0.497 e. The molecule has 0 aliphatic carbocycles. The second-order valence-electron chi connectivity index (χ2n) is 9.17. The van der Waals surface area contributed by atoms with Crippen LogP contribution in [0.1, 0.15) is 51.5 Å². The van der Waals surface area contributed by atoms with E-state index < -0.39 is 35.1 Å². The van der Waals surface area contributed by atoms with Crippen LogP contribution in [0, 0.1) is 5.92 Å². The molecule has 4 aromatic rings. The molecule has 0 aliphatic rings. The number of carbonyl (C=O) groups excluding carboxylic acids is 2. The molecule has 0 radical (unpaired) electrons. The van der Waals surface area contributed by atoms with Gasteiger partial charge in [-0.1, -0.05) is 25.1 Å². The van der Waals surface area contributed by atoms with Crippen molar-refractivity contribution >= 4 is 28.6 Å². The number of H-pyrrole nitrogens is 1. The summed E-state index contributed by atoms with van der Waals surface area (Å²) in [6.45, 7) is 1.29. The maximum Gasteiger partial charge on any atom is 0.308 e. The van der Waals surface area contributed by atoms with Gasteiger partial charge in [-0.2, -0.15) is 0 Å². The first kappa shape index (κ1) is 28.0. The van der Waals surface area contributed by atoms with Crippen LogP contribution in [0.4, 0.5) is 0 Å². The first-order valence-corrected chi connectivity index (χ1v) is 12.4. The topological polar surface area (TPSA) is 161 Å². The van der Waals surface area contributed by atoms with Crippen LogP contribution in [0.3, 0.4) is 0 Å². The fourth-order valence-electron chi connectivity index (χ4n) is 4.09. The molecule has 0 spiro atoms. The van der Waals surface area contributed by atoms with Crippen molar-refractivity contribution in [2.24, 2.45) is 5.92 Å². The number of carbonyl (C=O) groups is 3. The zero-order valence-corrected chi connectivity index (χ0v) is 22.1. The third-order valence-electron chi connectivity index (χ3n) is 6.49. The van der Waals surface area contributed by atoms with E-state index in [0.717, 1.165) is 22.7 Å². The number of ether oxygens (including phenoxy) is 2. The minimum absolute atomic E-state index is 0.0899. The highest BCUT2D eigenvalue weighted by molar-refractivity contribution is 5.97. The Balaban J connectivity index is 1.62. The van der Waals surface area contributed by atoms with E-state index in [2.05, 4.69) is 15.3 Å². The molecule has 0 fully saturated rings. The molecule has 2 unspecified atom stereocenters. The number of methoxy groups -OCH3 is 2. The number of hydrogen-bond acceptors (Lipinski definition) is 8. The SMILES string of the molecule is COc1ccc(C(CC(=O)c2cnc(C(=O)NCC(C)C(=O)O)[nH]c2=O)c2ccc3cc(OC)ccc3n2)cc1. The Morgan fingerprint density at radius 3 is 2.35 bits per heavy atom. The average Bonchev–Trinajstić information content (AvgIpc) is 2.97. The normalized spacial score (nSPS) is 12.4. The quantitative estimate of drug-likeness (QED) is 0.241. The number of Topliss-reactive ketones (excluding diaryl/α,β-unsaturated/α-hetero) is 1. The van der Waals surface area contributed by atoms with E-state index in [1.807, 2.05) is 36.4 Å². The number of hydrogen-bond donors (Lipinski definition) is 3. The Hall–Kier alpha value is -5.06. The maximum absolute atomic E-state index is 13.4. The zero-order valence-electron chi connectivity index (χ0n) is 22.1. The molecule has 2 aromatic carbocycles. The van der Waals surface area contributed by atoms with Crippen LogP contribution in [-0.4, -0.2) is 58.5 Å². The van der Waals surface area contributed by atoms with Gasteiger partial charge in [-0.15, -0.1) is 0 Å². The molecular formula is C29H28N4O7. The summed E-state index contributed by atoms with van der Waals surface area (Å²) >= 11 is 0. The predicted octanol–water partition coefficient (Wildman–Crippen LogP) is 3.19. The van der Waals surface area contributed by atoms with E-state index in [4.69, 9.17) is 19.6 Å². The van der Waals surface area contributed by atoms with Crippen LogP contribution in [0.2, 0.25) is 0 Å². The summed E-state index contributed by atoms with van der Waals surface area (Å²) in [5.41, 5.74) is 1.16. The number of amides is 1. The second kappa shape index (κ2) is 12.2. The number of nitrogens with zero attached hydrogens (tertiary/aromatic N) is 2. The van der Waals surface area contributed by atoms with Gasteiger partial charge in [0.05, 0.1) is 25.7 Å². The summed E-state index contributed by atoms with van der Waals surface area (Å²) in [5, 5.41) is 12.2. The van der Waals surface area contributed by atoms with Gasteiger partial charge >= 0.3 is 5.97 Å². The van der Waals surface area contributed by atoms with E-state index in [-0.39, 0.29) is 24.4 Å². The average molecular weight is 545 g/mol. The summed E-state index contributed by atoms with van der Waals surface area (Å²) < 4.78 is 10.6. The Kier molecular flexibility index (Phi) is 8.53. The van der Waals surface area contributed by atoms with Crippen molar-refractivity contribution in [1.82, 2.24) is 20.3 Å². The third-order valence-corrected chi connectivity index (χ3v) is 6.49. The number of rotatable bonds is 11. The lowest BCUT2D eigenvalue weighted by atomic mass is 9.88. The van der Waals surface area contributed by atoms with Gasteiger partial charge in [0.25, 0.3) is 11.5 Å². The predicted molar refractivity (Wildman–Crippen MR) is 146 cm³/mol. The number of benzene rings is 2. The summed E-state index contributed by atoms with van der Waals surface area (Å²) in [6.07, 6.45) is 0.968. The molecule has 0 bridgehead atoms. The lowest BCUT2D eigenvalue weighted by molar-refractivity contribution is -0.140. The van der Waals surface area contributed by atoms with Crippen LogP contribution >= 0.6 is 0 Å². The first-order chi connectivity index (χ1) is 19.2. The van der Waals surface area contributed by atoms with Crippen molar-refractivity contribution in [3.8, 4) is 11.5 Å². The van der Waals surface area contributed by atoms with Crippen LogP contribution in [0.25, 0.3) is 10.9 Å². The van der Waals surface area contributed by atoms with E-state index in [1.165, 1.54) is 6.92 Å². The van der Waals surface area contributed by atoms with E-state index in [9.17, 15) is 19.2 Å².